The lowest BCUT2D eigenvalue weighted by Gasteiger charge is -2.31. The van der Waals surface area contributed by atoms with Gasteiger partial charge < -0.3 is 15.0 Å². The summed E-state index contributed by atoms with van der Waals surface area (Å²) in [6, 6.07) is 8.99. The van der Waals surface area contributed by atoms with E-state index in [9.17, 15) is 9.59 Å². The first-order chi connectivity index (χ1) is 15.5. The number of piperidine rings is 1. The van der Waals surface area contributed by atoms with Gasteiger partial charge >= 0.3 is 0 Å². The monoisotopic (exact) mass is 470 g/mol. The van der Waals surface area contributed by atoms with Crippen molar-refractivity contribution in [3.05, 3.63) is 64.5 Å². The zero-order valence-electron chi connectivity index (χ0n) is 17.6. The molecular weight excluding hydrogens is 448 g/mol. The van der Waals surface area contributed by atoms with Crippen LogP contribution in [-0.2, 0) is 11.3 Å². The number of amides is 2. The molecule has 2 amide bonds. The highest BCUT2D eigenvalue weighted by atomic mass is 35.5. The molecule has 1 N–H and O–H groups in total. The van der Waals surface area contributed by atoms with Gasteiger partial charge in [-0.25, -0.2) is 0 Å². The molecule has 0 aliphatic carbocycles. The van der Waals surface area contributed by atoms with E-state index in [0.717, 1.165) is 28.8 Å². The number of ether oxygens (including phenoxy) is 1. The Morgan fingerprint density at radius 1 is 1.22 bits per heavy atom. The summed E-state index contributed by atoms with van der Waals surface area (Å²) in [5.74, 6) is 0.395. The maximum atomic E-state index is 12.7. The van der Waals surface area contributed by atoms with Gasteiger partial charge in [0.2, 0.25) is 5.91 Å². The number of thiazole rings is 1. The van der Waals surface area contributed by atoms with Crippen LogP contribution in [0.25, 0.3) is 10.4 Å². The normalized spacial score (nSPS) is 14.2. The average molecular weight is 471 g/mol. The Morgan fingerprint density at radius 2 is 1.97 bits per heavy atom. The van der Waals surface area contributed by atoms with Gasteiger partial charge in [-0.3, -0.25) is 19.6 Å². The Balaban J connectivity index is 1.50. The predicted octanol–water partition coefficient (Wildman–Crippen LogP) is 4.18. The van der Waals surface area contributed by atoms with Crippen molar-refractivity contribution in [2.75, 3.05) is 13.1 Å². The largest absolute Gasteiger partial charge is 0.489 e. The molecule has 3 aromatic rings. The van der Waals surface area contributed by atoms with Crippen molar-refractivity contribution in [1.82, 2.24) is 20.2 Å². The van der Waals surface area contributed by atoms with Crippen molar-refractivity contribution in [3.63, 3.8) is 0 Å². The van der Waals surface area contributed by atoms with Gasteiger partial charge in [-0.1, -0.05) is 23.7 Å². The minimum Gasteiger partial charge on any atom is -0.489 e. The molecule has 1 aliphatic rings. The lowest BCUT2D eigenvalue weighted by atomic mass is 10.1. The summed E-state index contributed by atoms with van der Waals surface area (Å²) in [5.41, 5.74) is 3.77. The van der Waals surface area contributed by atoms with Gasteiger partial charge in [0, 0.05) is 62.9 Å². The first kappa shape index (κ1) is 22.2. The number of carbonyl (C=O) groups excluding carboxylic acids is 2. The molecule has 0 atom stereocenters. The lowest BCUT2D eigenvalue weighted by Crippen LogP contribution is -2.40. The maximum absolute atomic E-state index is 12.7. The molecular formula is C23H23ClN4O3S. The molecule has 1 fully saturated rings. The summed E-state index contributed by atoms with van der Waals surface area (Å²) in [6.07, 6.45) is 4.85. The smallest absolute Gasteiger partial charge is 0.270 e. The van der Waals surface area contributed by atoms with Gasteiger partial charge in [0.15, 0.2) is 0 Å². The Morgan fingerprint density at radius 3 is 2.62 bits per heavy atom. The second kappa shape index (κ2) is 10.1. The third-order valence-electron chi connectivity index (χ3n) is 5.34. The molecule has 0 spiro atoms. The van der Waals surface area contributed by atoms with Crippen molar-refractivity contribution in [3.8, 4) is 16.2 Å². The molecule has 0 unspecified atom stereocenters. The fourth-order valence-electron chi connectivity index (χ4n) is 3.54. The van der Waals surface area contributed by atoms with Crippen LogP contribution in [0, 0.1) is 0 Å². The summed E-state index contributed by atoms with van der Waals surface area (Å²) in [4.78, 5) is 35.6. The Bertz CT molecular complexity index is 1080. The van der Waals surface area contributed by atoms with E-state index in [-0.39, 0.29) is 23.6 Å². The highest BCUT2D eigenvalue weighted by Gasteiger charge is 2.24. The second-order valence-electron chi connectivity index (χ2n) is 7.56. The molecule has 166 valence electrons. The number of nitrogens with one attached hydrogen (secondary N) is 1. The van der Waals surface area contributed by atoms with Crippen LogP contribution < -0.4 is 10.1 Å². The summed E-state index contributed by atoms with van der Waals surface area (Å²) in [6.45, 7) is 3.28. The average Bonchev–Trinajstić information content (AvgIpc) is 3.33. The van der Waals surface area contributed by atoms with Gasteiger partial charge in [0.25, 0.3) is 5.91 Å². The van der Waals surface area contributed by atoms with E-state index in [1.165, 1.54) is 11.3 Å². The molecule has 0 saturated carbocycles. The van der Waals surface area contributed by atoms with E-state index in [4.69, 9.17) is 16.3 Å². The number of rotatable bonds is 6. The van der Waals surface area contributed by atoms with Gasteiger partial charge in [-0.05, 0) is 17.7 Å². The van der Waals surface area contributed by atoms with Crippen molar-refractivity contribution < 1.29 is 14.3 Å². The minimum absolute atomic E-state index is 0.0374. The van der Waals surface area contributed by atoms with Crippen LogP contribution in [0.5, 0.6) is 5.75 Å². The first-order valence-corrected chi connectivity index (χ1v) is 11.6. The topological polar surface area (TPSA) is 84.4 Å². The minimum atomic E-state index is -0.285. The number of nitrogens with zero attached hydrogens (tertiary/aromatic N) is 3. The summed E-state index contributed by atoms with van der Waals surface area (Å²) in [7, 11) is 0. The fourth-order valence-corrected chi connectivity index (χ4v) is 4.30. The summed E-state index contributed by atoms with van der Waals surface area (Å²) < 4.78 is 6.31. The third kappa shape index (κ3) is 5.44. The number of pyridine rings is 1. The standard InChI is InChI=1S/C23H23ClN4O3S/c1-15(29)28-8-6-18(7-9-28)31-21-10-20(26-12-19(21)22-13-25-14-32-22)23(30)27-11-16-2-4-17(24)5-3-16/h2-5,10,12-14,18H,6-9,11H2,1H3,(H,27,30). The van der Waals surface area contributed by atoms with Crippen molar-refractivity contribution in [2.24, 2.45) is 0 Å². The van der Waals surface area contributed by atoms with Crippen LogP contribution in [0.3, 0.4) is 0 Å². The summed E-state index contributed by atoms with van der Waals surface area (Å²) in [5, 5.41) is 3.53. The van der Waals surface area contributed by atoms with E-state index in [0.29, 0.717) is 30.4 Å². The molecule has 1 saturated heterocycles. The number of hydrogen-bond acceptors (Lipinski definition) is 6. The van der Waals surface area contributed by atoms with Crippen LogP contribution in [-0.4, -0.2) is 45.9 Å². The van der Waals surface area contributed by atoms with E-state index in [2.05, 4.69) is 15.3 Å². The zero-order valence-corrected chi connectivity index (χ0v) is 19.2. The molecule has 2 aromatic heterocycles. The van der Waals surface area contributed by atoms with Gasteiger partial charge in [0.05, 0.1) is 16.0 Å². The van der Waals surface area contributed by atoms with E-state index >= 15 is 0 Å². The van der Waals surface area contributed by atoms with Crippen molar-refractivity contribution in [1.29, 1.82) is 0 Å². The number of likely N-dealkylation sites (tertiary alicyclic amines) is 1. The number of hydrogen-bond donors (Lipinski definition) is 1. The van der Waals surface area contributed by atoms with Gasteiger partial charge in [-0.2, -0.15) is 0 Å². The lowest BCUT2D eigenvalue weighted by molar-refractivity contribution is -0.130. The Hall–Kier alpha value is -2.97. The number of benzene rings is 1. The third-order valence-corrected chi connectivity index (χ3v) is 6.40. The van der Waals surface area contributed by atoms with Crippen LogP contribution in [0.2, 0.25) is 5.02 Å². The SMILES string of the molecule is CC(=O)N1CCC(Oc2cc(C(=O)NCc3ccc(Cl)cc3)ncc2-c2cncs2)CC1. The molecule has 7 nitrogen and oxygen atoms in total. The van der Waals surface area contributed by atoms with Crippen LogP contribution in [0.1, 0.15) is 35.8 Å². The van der Waals surface area contributed by atoms with E-state index < -0.39 is 0 Å². The Labute approximate surface area is 195 Å². The molecule has 1 aromatic carbocycles. The molecule has 32 heavy (non-hydrogen) atoms. The highest BCUT2D eigenvalue weighted by molar-refractivity contribution is 7.13. The number of halogens is 1. The fraction of sp³-hybridized carbons (Fsp3) is 0.304. The predicted molar refractivity (Wildman–Crippen MR) is 124 cm³/mol. The molecule has 0 bridgehead atoms. The molecule has 9 heteroatoms. The highest BCUT2D eigenvalue weighted by Crippen LogP contribution is 2.34. The first-order valence-electron chi connectivity index (χ1n) is 10.3. The molecule has 4 rings (SSSR count). The van der Waals surface area contributed by atoms with E-state index in [1.54, 1.807) is 43.0 Å². The number of aromatic nitrogens is 2. The van der Waals surface area contributed by atoms with Crippen molar-refractivity contribution >= 4 is 34.8 Å². The van der Waals surface area contributed by atoms with Gasteiger partial charge in [0.1, 0.15) is 17.5 Å². The molecule has 0 radical (unpaired) electrons. The quantitative estimate of drug-likeness (QED) is 0.584. The van der Waals surface area contributed by atoms with E-state index in [1.807, 2.05) is 17.0 Å². The molecule has 1 aliphatic heterocycles. The van der Waals surface area contributed by atoms with Crippen molar-refractivity contribution in [2.45, 2.75) is 32.4 Å². The molecule has 3 heterocycles. The maximum Gasteiger partial charge on any atom is 0.270 e. The van der Waals surface area contributed by atoms with Crippen LogP contribution in [0.15, 0.2) is 48.2 Å². The Kier molecular flexibility index (Phi) is 7.02. The number of carbonyl (C=O) groups is 2. The van der Waals surface area contributed by atoms with Crippen LogP contribution in [0.4, 0.5) is 0 Å². The zero-order chi connectivity index (χ0) is 22.5. The summed E-state index contributed by atoms with van der Waals surface area (Å²) >= 11 is 7.40. The van der Waals surface area contributed by atoms with Crippen LogP contribution >= 0.6 is 22.9 Å². The second-order valence-corrected chi connectivity index (χ2v) is 8.89. The van der Waals surface area contributed by atoms with Gasteiger partial charge in [-0.15, -0.1) is 11.3 Å².